The van der Waals surface area contributed by atoms with Crippen LogP contribution in [0.5, 0.6) is 5.75 Å². The zero-order chi connectivity index (χ0) is 18.5. The number of sulfonamides is 1. The maximum Gasteiger partial charge on any atom is 0.387 e. The van der Waals surface area contributed by atoms with Gasteiger partial charge in [0.2, 0.25) is 10.0 Å². The quantitative estimate of drug-likeness (QED) is 0.716. The molecule has 0 aromatic heterocycles. The van der Waals surface area contributed by atoms with Crippen molar-refractivity contribution in [2.75, 3.05) is 33.4 Å². The summed E-state index contributed by atoms with van der Waals surface area (Å²) in [5, 5.41) is 3.20. The second-order valence-electron chi connectivity index (χ2n) is 5.98. The Hall–Kier alpha value is -1.36. The maximum atomic E-state index is 13.8. The van der Waals surface area contributed by atoms with Crippen LogP contribution in [0, 0.1) is 11.2 Å². The van der Waals surface area contributed by atoms with E-state index >= 15 is 0 Å². The van der Waals surface area contributed by atoms with Gasteiger partial charge in [-0.05, 0) is 44.1 Å². The van der Waals surface area contributed by atoms with Gasteiger partial charge in [0.1, 0.15) is 0 Å². The number of nitrogens with one attached hydrogen (secondary N) is 2. The lowest BCUT2D eigenvalue weighted by molar-refractivity contribution is -0.0522. The van der Waals surface area contributed by atoms with Crippen molar-refractivity contribution in [1.82, 2.24) is 10.0 Å². The highest BCUT2D eigenvalue weighted by atomic mass is 32.2. The number of methoxy groups -OCH3 is 1. The molecule has 25 heavy (non-hydrogen) atoms. The van der Waals surface area contributed by atoms with Gasteiger partial charge in [-0.15, -0.1) is 0 Å². The number of ether oxygens (including phenoxy) is 2. The lowest BCUT2D eigenvalue weighted by Gasteiger charge is -2.37. The molecule has 1 fully saturated rings. The van der Waals surface area contributed by atoms with Gasteiger partial charge in [0, 0.05) is 19.1 Å². The second-order valence-corrected chi connectivity index (χ2v) is 7.75. The predicted molar refractivity (Wildman–Crippen MR) is 84.6 cm³/mol. The van der Waals surface area contributed by atoms with Gasteiger partial charge in [0.05, 0.1) is 11.5 Å². The summed E-state index contributed by atoms with van der Waals surface area (Å²) in [7, 11) is -2.44. The normalized spacial score (nSPS) is 17.6. The fourth-order valence-corrected chi connectivity index (χ4v) is 3.98. The molecule has 0 spiro atoms. The van der Waals surface area contributed by atoms with Crippen LogP contribution in [0.2, 0.25) is 0 Å². The van der Waals surface area contributed by atoms with Crippen molar-refractivity contribution < 1.29 is 31.1 Å². The van der Waals surface area contributed by atoms with Gasteiger partial charge in [-0.1, -0.05) is 0 Å². The number of hydrogen-bond acceptors (Lipinski definition) is 5. The average Bonchev–Trinajstić information content (AvgIpc) is 2.56. The summed E-state index contributed by atoms with van der Waals surface area (Å²) < 4.78 is 74.5. The Morgan fingerprint density at radius 3 is 2.56 bits per heavy atom. The molecule has 1 saturated heterocycles. The van der Waals surface area contributed by atoms with E-state index in [1.165, 1.54) is 0 Å². The SMILES string of the molecule is COCC1(CNS(=O)(=O)c2ccc(OC(F)F)c(F)c2)CCNCC1. The molecule has 10 heteroatoms. The highest BCUT2D eigenvalue weighted by molar-refractivity contribution is 7.89. The average molecular weight is 382 g/mol. The first-order chi connectivity index (χ1) is 11.8. The Morgan fingerprint density at radius 2 is 2.00 bits per heavy atom. The second kappa shape index (κ2) is 8.35. The van der Waals surface area contributed by atoms with Crippen molar-refractivity contribution in [3.05, 3.63) is 24.0 Å². The van der Waals surface area contributed by atoms with Crippen molar-refractivity contribution in [1.29, 1.82) is 0 Å². The van der Waals surface area contributed by atoms with Crippen LogP contribution in [0.3, 0.4) is 0 Å². The van der Waals surface area contributed by atoms with Gasteiger partial charge in [-0.25, -0.2) is 17.5 Å². The van der Waals surface area contributed by atoms with E-state index < -0.39 is 28.2 Å². The van der Waals surface area contributed by atoms with Crippen molar-refractivity contribution in [2.24, 2.45) is 5.41 Å². The molecule has 0 amide bonds. The molecule has 1 aliphatic rings. The zero-order valence-corrected chi connectivity index (χ0v) is 14.5. The Kier molecular flexibility index (Phi) is 6.66. The van der Waals surface area contributed by atoms with E-state index in [4.69, 9.17) is 4.74 Å². The first kappa shape index (κ1) is 20.0. The summed E-state index contributed by atoms with van der Waals surface area (Å²) in [6.07, 6.45) is 1.47. The van der Waals surface area contributed by atoms with Gasteiger partial charge in [-0.2, -0.15) is 8.78 Å². The molecular weight excluding hydrogens is 361 g/mol. The lowest BCUT2D eigenvalue weighted by atomic mass is 9.80. The third-order valence-electron chi connectivity index (χ3n) is 4.18. The van der Waals surface area contributed by atoms with Gasteiger partial charge < -0.3 is 14.8 Å². The first-order valence-electron chi connectivity index (χ1n) is 7.72. The summed E-state index contributed by atoms with van der Waals surface area (Å²) in [4.78, 5) is -0.354. The summed E-state index contributed by atoms with van der Waals surface area (Å²) >= 11 is 0. The summed E-state index contributed by atoms with van der Waals surface area (Å²) in [6.45, 7) is -1.16. The molecule has 6 nitrogen and oxygen atoms in total. The van der Waals surface area contributed by atoms with Crippen LogP contribution in [0.15, 0.2) is 23.1 Å². The molecular formula is C15H21F3N2O4S. The van der Waals surface area contributed by atoms with Crippen LogP contribution in [0.1, 0.15) is 12.8 Å². The highest BCUT2D eigenvalue weighted by Gasteiger charge is 2.33. The molecule has 1 aliphatic heterocycles. The van der Waals surface area contributed by atoms with E-state index in [1.54, 1.807) is 7.11 Å². The molecule has 0 unspecified atom stereocenters. The van der Waals surface area contributed by atoms with Crippen LogP contribution < -0.4 is 14.8 Å². The number of rotatable bonds is 8. The van der Waals surface area contributed by atoms with E-state index in [9.17, 15) is 21.6 Å². The lowest BCUT2D eigenvalue weighted by Crippen LogP contribution is -2.47. The van der Waals surface area contributed by atoms with Crippen molar-refractivity contribution in [3.8, 4) is 5.75 Å². The van der Waals surface area contributed by atoms with Crippen molar-refractivity contribution >= 4 is 10.0 Å². The molecule has 1 aromatic carbocycles. The van der Waals surface area contributed by atoms with Crippen LogP contribution in [-0.2, 0) is 14.8 Å². The number of piperidine rings is 1. The standard InChI is InChI=1S/C15H21F3N2O4S/c1-23-10-15(4-6-19-7-5-15)9-20-25(21,22)11-2-3-13(12(16)8-11)24-14(17)18/h2-3,8,14,19-20H,4-7,9-10H2,1H3. The van der Waals surface area contributed by atoms with E-state index in [-0.39, 0.29) is 16.9 Å². The van der Waals surface area contributed by atoms with Crippen molar-refractivity contribution in [3.63, 3.8) is 0 Å². The van der Waals surface area contributed by atoms with Crippen LogP contribution in [0.25, 0.3) is 0 Å². The van der Waals surface area contributed by atoms with Crippen molar-refractivity contribution in [2.45, 2.75) is 24.3 Å². The van der Waals surface area contributed by atoms with E-state index in [2.05, 4.69) is 14.8 Å². The minimum Gasteiger partial charge on any atom is -0.432 e. The largest absolute Gasteiger partial charge is 0.432 e. The number of halogens is 3. The van der Waals surface area contributed by atoms with Crippen LogP contribution in [0.4, 0.5) is 13.2 Å². The topological polar surface area (TPSA) is 76.7 Å². The Morgan fingerprint density at radius 1 is 1.32 bits per heavy atom. The van der Waals surface area contributed by atoms with E-state index in [0.717, 1.165) is 38.1 Å². The number of hydrogen-bond donors (Lipinski definition) is 2. The van der Waals surface area contributed by atoms with Gasteiger partial charge in [-0.3, -0.25) is 0 Å². The smallest absolute Gasteiger partial charge is 0.387 e. The minimum absolute atomic E-state index is 0.141. The Labute approximate surface area is 144 Å². The summed E-state index contributed by atoms with van der Waals surface area (Å²) in [6, 6.07) is 2.55. The molecule has 0 bridgehead atoms. The molecule has 0 atom stereocenters. The Balaban J connectivity index is 2.11. The fraction of sp³-hybridized carbons (Fsp3) is 0.600. The molecule has 2 rings (SSSR count). The van der Waals surface area contributed by atoms with E-state index in [0.29, 0.717) is 12.7 Å². The fourth-order valence-electron chi connectivity index (χ4n) is 2.81. The third kappa shape index (κ3) is 5.30. The van der Waals surface area contributed by atoms with E-state index in [1.807, 2.05) is 0 Å². The molecule has 1 aromatic rings. The molecule has 0 saturated carbocycles. The van der Waals surface area contributed by atoms with Gasteiger partial charge in [0.15, 0.2) is 11.6 Å². The monoisotopic (exact) mass is 382 g/mol. The molecule has 0 radical (unpaired) electrons. The summed E-state index contributed by atoms with van der Waals surface area (Å²) in [5.41, 5.74) is -0.343. The van der Waals surface area contributed by atoms with Crippen LogP contribution >= 0.6 is 0 Å². The number of alkyl halides is 2. The molecule has 0 aliphatic carbocycles. The maximum absolute atomic E-state index is 13.8. The van der Waals surface area contributed by atoms with Crippen LogP contribution in [-0.4, -0.2) is 48.4 Å². The van der Waals surface area contributed by atoms with Gasteiger partial charge >= 0.3 is 6.61 Å². The zero-order valence-electron chi connectivity index (χ0n) is 13.7. The molecule has 2 N–H and O–H groups in total. The van der Waals surface area contributed by atoms with Gasteiger partial charge in [0.25, 0.3) is 0 Å². The molecule has 1 heterocycles. The Bertz CT molecular complexity index is 674. The first-order valence-corrected chi connectivity index (χ1v) is 9.20. The number of benzene rings is 1. The minimum atomic E-state index is -3.99. The summed E-state index contributed by atoms with van der Waals surface area (Å²) in [5.74, 6) is -1.88. The molecule has 142 valence electrons. The third-order valence-corrected chi connectivity index (χ3v) is 5.58. The highest BCUT2D eigenvalue weighted by Crippen LogP contribution is 2.29. The predicted octanol–water partition coefficient (Wildman–Crippen LogP) is 1.72.